The predicted octanol–water partition coefficient (Wildman–Crippen LogP) is 0.575. The van der Waals surface area contributed by atoms with Crippen molar-refractivity contribution < 1.29 is 19.4 Å². The predicted molar refractivity (Wildman–Crippen MR) is 63.9 cm³/mol. The van der Waals surface area contributed by atoms with Crippen molar-refractivity contribution in [1.29, 1.82) is 0 Å². The van der Waals surface area contributed by atoms with E-state index in [1.165, 1.54) is 0 Å². The van der Waals surface area contributed by atoms with Gasteiger partial charge >= 0.3 is 0 Å². The van der Waals surface area contributed by atoms with Gasteiger partial charge in [0.2, 0.25) is 11.8 Å². The van der Waals surface area contributed by atoms with Crippen LogP contribution >= 0.6 is 0 Å². The quantitative estimate of drug-likeness (QED) is 0.775. The smallest absolute Gasteiger partial charge is 0.229 e. The minimum atomic E-state index is -0.865. The van der Waals surface area contributed by atoms with Crippen LogP contribution in [0.15, 0.2) is 30.3 Å². The SMILES string of the molecule is O=C1CCC(=O)N1C[C@@H](O)COc1ccccc1. The molecule has 1 atom stereocenters. The van der Waals surface area contributed by atoms with E-state index >= 15 is 0 Å². The first kappa shape index (κ1) is 12.6. The summed E-state index contributed by atoms with van der Waals surface area (Å²) in [5, 5.41) is 9.74. The first-order chi connectivity index (χ1) is 8.66. The second-order valence-corrected chi connectivity index (χ2v) is 4.18. The fourth-order valence-electron chi connectivity index (χ4n) is 1.80. The third-order valence-corrected chi connectivity index (χ3v) is 2.73. The van der Waals surface area contributed by atoms with Crippen LogP contribution in [0.2, 0.25) is 0 Å². The molecular formula is C13H15NO4. The molecule has 1 N–H and O–H groups in total. The number of aliphatic hydroxyl groups excluding tert-OH is 1. The summed E-state index contributed by atoms with van der Waals surface area (Å²) in [5.41, 5.74) is 0. The molecule has 5 heteroatoms. The molecule has 0 unspecified atom stereocenters. The highest BCUT2D eigenvalue weighted by Gasteiger charge is 2.30. The van der Waals surface area contributed by atoms with E-state index in [1.807, 2.05) is 18.2 Å². The number of hydrogen-bond acceptors (Lipinski definition) is 4. The highest BCUT2D eigenvalue weighted by molar-refractivity contribution is 6.01. The lowest BCUT2D eigenvalue weighted by molar-refractivity contribution is -0.140. The molecule has 2 amide bonds. The third-order valence-electron chi connectivity index (χ3n) is 2.73. The Morgan fingerprint density at radius 2 is 1.78 bits per heavy atom. The van der Waals surface area contributed by atoms with Crippen LogP contribution in [0.4, 0.5) is 0 Å². The number of likely N-dealkylation sites (tertiary alicyclic amines) is 1. The van der Waals surface area contributed by atoms with E-state index in [-0.39, 0.29) is 37.8 Å². The number of benzene rings is 1. The van der Waals surface area contributed by atoms with Crippen molar-refractivity contribution in [2.75, 3.05) is 13.2 Å². The molecule has 0 spiro atoms. The Hall–Kier alpha value is -1.88. The van der Waals surface area contributed by atoms with Gasteiger partial charge in [0.25, 0.3) is 0 Å². The summed E-state index contributed by atoms with van der Waals surface area (Å²) >= 11 is 0. The monoisotopic (exact) mass is 249 g/mol. The summed E-state index contributed by atoms with van der Waals surface area (Å²) < 4.78 is 5.35. The molecule has 96 valence electrons. The lowest BCUT2D eigenvalue weighted by Gasteiger charge is -2.18. The summed E-state index contributed by atoms with van der Waals surface area (Å²) in [6.07, 6.45) is -0.382. The Kier molecular flexibility index (Phi) is 3.94. The Balaban J connectivity index is 1.80. The average molecular weight is 249 g/mol. The third kappa shape index (κ3) is 3.07. The van der Waals surface area contributed by atoms with Crippen molar-refractivity contribution in [3.05, 3.63) is 30.3 Å². The molecule has 0 bridgehead atoms. The summed E-state index contributed by atoms with van der Waals surface area (Å²) in [5.74, 6) is 0.202. The normalized spacial score (nSPS) is 17.1. The molecule has 1 heterocycles. The fraction of sp³-hybridized carbons (Fsp3) is 0.385. The number of para-hydroxylation sites is 1. The standard InChI is InChI=1S/C13H15NO4/c15-10(8-14-12(16)6-7-13(14)17)9-18-11-4-2-1-3-5-11/h1-5,10,15H,6-9H2/t10-/m1/s1. The summed E-state index contributed by atoms with van der Waals surface area (Å²) in [6, 6.07) is 9.08. The second-order valence-electron chi connectivity index (χ2n) is 4.18. The fourth-order valence-corrected chi connectivity index (χ4v) is 1.80. The van der Waals surface area contributed by atoms with Crippen molar-refractivity contribution in [3.8, 4) is 5.75 Å². The summed E-state index contributed by atoms with van der Waals surface area (Å²) in [7, 11) is 0. The van der Waals surface area contributed by atoms with Gasteiger partial charge in [-0.25, -0.2) is 0 Å². The number of hydrogen-bond donors (Lipinski definition) is 1. The maximum absolute atomic E-state index is 11.3. The molecule has 0 aliphatic carbocycles. The van der Waals surface area contributed by atoms with Crippen molar-refractivity contribution in [2.24, 2.45) is 0 Å². The highest BCUT2D eigenvalue weighted by Crippen LogP contribution is 2.13. The minimum absolute atomic E-state index is 0.00446. The molecule has 1 fully saturated rings. The van der Waals surface area contributed by atoms with Crippen molar-refractivity contribution in [3.63, 3.8) is 0 Å². The van der Waals surface area contributed by atoms with Gasteiger partial charge in [0.1, 0.15) is 18.5 Å². The molecule has 1 aromatic carbocycles. The van der Waals surface area contributed by atoms with Gasteiger partial charge < -0.3 is 9.84 Å². The second kappa shape index (κ2) is 5.64. The molecule has 1 saturated heterocycles. The molecule has 0 saturated carbocycles. The van der Waals surface area contributed by atoms with Gasteiger partial charge in [0.05, 0.1) is 6.54 Å². The van der Waals surface area contributed by atoms with Crippen LogP contribution in [0, 0.1) is 0 Å². The van der Waals surface area contributed by atoms with Gasteiger partial charge in [-0.1, -0.05) is 18.2 Å². The van der Waals surface area contributed by atoms with E-state index in [1.54, 1.807) is 12.1 Å². The number of aliphatic hydroxyl groups is 1. The van der Waals surface area contributed by atoms with Crippen molar-refractivity contribution in [2.45, 2.75) is 18.9 Å². The largest absolute Gasteiger partial charge is 0.491 e. The molecule has 0 radical (unpaired) electrons. The van der Waals surface area contributed by atoms with E-state index in [2.05, 4.69) is 0 Å². The van der Waals surface area contributed by atoms with E-state index in [4.69, 9.17) is 4.74 Å². The number of imide groups is 1. The van der Waals surface area contributed by atoms with Crippen LogP contribution < -0.4 is 4.74 Å². The molecule has 18 heavy (non-hydrogen) atoms. The average Bonchev–Trinajstić information content (AvgIpc) is 2.69. The van der Waals surface area contributed by atoms with Gasteiger partial charge in [-0.05, 0) is 12.1 Å². The first-order valence-electron chi connectivity index (χ1n) is 5.86. The number of β-amino-alcohol motifs (C(OH)–C–C–N with tert-alkyl or cyclic N) is 1. The Labute approximate surface area is 105 Å². The van der Waals surface area contributed by atoms with E-state index in [0.717, 1.165) is 4.90 Å². The molecule has 1 aromatic rings. The first-order valence-corrected chi connectivity index (χ1v) is 5.86. The van der Waals surface area contributed by atoms with Gasteiger partial charge in [0, 0.05) is 12.8 Å². The van der Waals surface area contributed by atoms with Crippen LogP contribution in [0.1, 0.15) is 12.8 Å². The van der Waals surface area contributed by atoms with Crippen LogP contribution in [0.3, 0.4) is 0 Å². The van der Waals surface area contributed by atoms with Gasteiger partial charge in [0.15, 0.2) is 0 Å². The van der Waals surface area contributed by atoms with Crippen LogP contribution in [-0.4, -0.2) is 41.1 Å². The lowest BCUT2D eigenvalue weighted by atomic mass is 10.3. The number of ether oxygens (including phenoxy) is 1. The van der Waals surface area contributed by atoms with E-state index < -0.39 is 6.10 Å². The topological polar surface area (TPSA) is 66.8 Å². The van der Waals surface area contributed by atoms with E-state index in [0.29, 0.717) is 5.75 Å². The molecule has 2 rings (SSSR count). The highest BCUT2D eigenvalue weighted by atomic mass is 16.5. The molecule has 1 aliphatic heterocycles. The molecule has 1 aliphatic rings. The van der Waals surface area contributed by atoms with Crippen molar-refractivity contribution >= 4 is 11.8 Å². The molecule has 5 nitrogen and oxygen atoms in total. The summed E-state index contributed by atoms with van der Waals surface area (Å²) in [4.78, 5) is 23.8. The van der Waals surface area contributed by atoms with E-state index in [9.17, 15) is 14.7 Å². The lowest BCUT2D eigenvalue weighted by Crippen LogP contribution is -2.38. The Bertz CT molecular complexity index is 416. The Morgan fingerprint density at radius 1 is 1.17 bits per heavy atom. The van der Waals surface area contributed by atoms with Crippen LogP contribution in [-0.2, 0) is 9.59 Å². The molecule has 0 aromatic heterocycles. The number of carbonyl (C=O) groups excluding carboxylic acids is 2. The van der Waals surface area contributed by atoms with Gasteiger partial charge in [-0.3, -0.25) is 14.5 Å². The minimum Gasteiger partial charge on any atom is -0.491 e. The maximum Gasteiger partial charge on any atom is 0.229 e. The summed E-state index contributed by atoms with van der Waals surface area (Å²) in [6.45, 7) is 0.0611. The number of carbonyl (C=O) groups is 2. The zero-order chi connectivity index (χ0) is 13.0. The zero-order valence-corrected chi connectivity index (χ0v) is 9.91. The van der Waals surface area contributed by atoms with Crippen LogP contribution in [0.5, 0.6) is 5.75 Å². The zero-order valence-electron chi connectivity index (χ0n) is 9.91. The number of nitrogens with zero attached hydrogens (tertiary/aromatic N) is 1. The number of rotatable bonds is 5. The van der Waals surface area contributed by atoms with Crippen LogP contribution in [0.25, 0.3) is 0 Å². The van der Waals surface area contributed by atoms with Crippen molar-refractivity contribution in [1.82, 2.24) is 4.90 Å². The number of amides is 2. The maximum atomic E-state index is 11.3. The van der Waals surface area contributed by atoms with Gasteiger partial charge in [-0.2, -0.15) is 0 Å². The molecular weight excluding hydrogens is 234 g/mol. The van der Waals surface area contributed by atoms with Gasteiger partial charge in [-0.15, -0.1) is 0 Å². The Morgan fingerprint density at radius 3 is 2.39 bits per heavy atom.